The van der Waals surface area contributed by atoms with Crippen molar-refractivity contribution in [3.05, 3.63) is 11.6 Å². The van der Waals surface area contributed by atoms with Gasteiger partial charge in [0.1, 0.15) is 18.2 Å². The number of hydrogen-bond donors (Lipinski definition) is 1. The smallest absolute Gasteiger partial charge is 0.348 e. The molecule has 0 saturated carbocycles. The number of carbonyl (C=O) groups is 1. The molecule has 0 saturated heterocycles. The van der Waals surface area contributed by atoms with E-state index in [4.69, 9.17) is 10.4 Å². The maximum atomic E-state index is 10.7. The van der Waals surface area contributed by atoms with E-state index in [1.165, 1.54) is 6.08 Å². The SMILES string of the molecule is CC=C(C#N)C(=O)OCCO. The van der Waals surface area contributed by atoms with Crippen LogP contribution in [-0.2, 0) is 9.53 Å². The van der Waals surface area contributed by atoms with Crippen molar-refractivity contribution < 1.29 is 14.6 Å². The van der Waals surface area contributed by atoms with E-state index in [1.54, 1.807) is 13.0 Å². The number of carbonyl (C=O) groups excluding carboxylic acids is 1. The van der Waals surface area contributed by atoms with Crippen molar-refractivity contribution in [2.75, 3.05) is 13.2 Å². The van der Waals surface area contributed by atoms with Gasteiger partial charge < -0.3 is 9.84 Å². The second-order valence-corrected chi connectivity index (χ2v) is 1.67. The molecule has 0 aromatic heterocycles. The molecule has 0 heterocycles. The Bertz CT molecular complexity index is 202. The highest BCUT2D eigenvalue weighted by atomic mass is 16.5. The van der Waals surface area contributed by atoms with Crippen molar-refractivity contribution >= 4 is 5.97 Å². The predicted molar refractivity (Wildman–Crippen MR) is 37.4 cm³/mol. The molecule has 0 rings (SSSR count). The van der Waals surface area contributed by atoms with Crippen molar-refractivity contribution in [2.24, 2.45) is 0 Å². The fourth-order valence-corrected chi connectivity index (χ4v) is 0.444. The first-order chi connectivity index (χ1) is 5.26. The number of nitrogens with zero attached hydrogens (tertiary/aromatic N) is 1. The summed E-state index contributed by atoms with van der Waals surface area (Å²) in [7, 11) is 0. The zero-order valence-corrected chi connectivity index (χ0v) is 6.20. The van der Waals surface area contributed by atoms with Gasteiger partial charge >= 0.3 is 5.97 Å². The van der Waals surface area contributed by atoms with Crippen LogP contribution in [0, 0.1) is 11.3 Å². The lowest BCUT2D eigenvalue weighted by molar-refractivity contribution is -0.139. The Morgan fingerprint density at radius 2 is 2.45 bits per heavy atom. The van der Waals surface area contributed by atoms with Gasteiger partial charge in [0.05, 0.1) is 6.61 Å². The van der Waals surface area contributed by atoms with E-state index in [0.29, 0.717) is 0 Å². The van der Waals surface area contributed by atoms with E-state index in [9.17, 15) is 4.79 Å². The highest BCUT2D eigenvalue weighted by Crippen LogP contribution is 1.94. The number of hydrogen-bond acceptors (Lipinski definition) is 4. The van der Waals surface area contributed by atoms with Gasteiger partial charge in [0.2, 0.25) is 0 Å². The Morgan fingerprint density at radius 1 is 1.82 bits per heavy atom. The number of esters is 1. The Hall–Kier alpha value is -1.34. The van der Waals surface area contributed by atoms with Gasteiger partial charge in [-0.15, -0.1) is 0 Å². The molecule has 0 aromatic rings. The van der Waals surface area contributed by atoms with Gasteiger partial charge in [-0.05, 0) is 6.92 Å². The molecule has 0 amide bonds. The molecule has 11 heavy (non-hydrogen) atoms. The van der Waals surface area contributed by atoms with Gasteiger partial charge in [-0.1, -0.05) is 6.08 Å². The van der Waals surface area contributed by atoms with Crippen LogP contribution in [0.5, 0.6) is 0 Å². The van der Waals surface area contributed by atoms with Crippen LogP contribution in [-0.4, -0.2) is 24.3 Å². The normalized spacial score (nSPS) is 10.5. The second-order valence-electron chi connectivity index (χ2n) is 1.67. The van der Waals surface area contributed by atoms with Gasteiger partial charge in [-0.25, -0.2) is 4.79 Å². The molecule has 0 bridgehead atoms. The Kier molecular flexibility index (Phi) is 4.78. The van der Waals surface area contributed by atoms with Gasteiger partial charge in [-0.2, -0.15) is 5.26 Å². The highest BCUT2D eigenvalue weighted by molar-refractivity contribution is 5.92. The molecule has 0 fully saturated rings. The molecule has 4 nitrogen and oxygen atoms in total. The van der Waals surface area contributed by atoms with Crippen LogP contribution in [0.2, 0.25) is 0 Å². The summed E-state index contributed by atoms with van der Waals surface area (Å²) in [5.41, 5.74) is -0.0431. The monoisotopic (exact) mass is 155 g/mol. The number of nitriles is 1. The fourth-order valence-electron chi connectivity index (χ4n) is 0.444. The van der Waals surface area contributed by atoms with Crippen molar-refractivity contribution in [2.45, 2.75) is 6.92 Å². The Morgan fingerprint density at radius 3 is 2.82 bits per heavy atom. The minimum atomic E-state index is -0.691. The molecule has 4 heteroatoms. The summed E-state index contributed by atoms with van der Waals surface area (Å²) >= 11 is 0. The third kappa shape index (κ3) is 3.38. The van der Waals surface area contributed by atoms with E-state index < -0.39 is 5.97 Å². The standard InChI is InChI=1S/C7H9NO3/c1-2-6(5-8)7(10)11-4-3-9/h2,9H,3-4H2,1H3. The fraction of sp³-hybridized carbons (Fsp3) is 0.429. The maximum Gasteiger partial charge on any atom is 0.348 e. The number of rotatable bonds is 3. The molecule has 60 valence electrons. The number of allylic oxidation sites excluding steroid dienone is 1. The zero-order valence-electron chi connectivity index (χ0n) is 6.20. The molecule has 0 aliphatic heterocycles. The first-order valence-electron chi connectivity index (χ1n) is 3.10. The van der Waals surface area contributed by atoms with Crippen LogP contribution in [0.4, 0.5) is 0 Å². The van der Waals surface area contributed by atoms with Gasteiger partial charge in [0, 0.05) is 0 Å². The lowest BCUT2D eigenvalue weighted by Crippen LogP contribution is -2.09. The van der Waals surface area contributed by atoms with E-state index >= 15 is 0 Å². The molecule has 0 spiro atoms. The number of aliphatic hydroxyl groups excluding tert-OH is 1. The summed E-state index contributed by atoms with van der Waals surface area (Å²) in [6.45, 7) is 1.27. The van der Waals surface area contributed by atoms with E-state index in [2.05, 4.69) is 4.74 Å². The van der Waals surface area contributed by atoms with Crippen molar-refractivity contribution in [3.8, 4) is 6.07 Å². The molecule has 0 aliphatic rings. The summed E-state index contributed by atoms with van der Waals surface area (Å²) < 4.78 is 4.46. The highest BCUT2D eigenvalue weighted by Gasteiger charge is 2.07. The molecule has 0 radical (unpaired) electrons. The van der Waals surface area contributed by atoms with E-state index in [0.717, 1.165) is 0 Å². The van der Waals surface area contributed by atoms with Gasteiger partial charge in [0.25, 0.3) is 0 Å². The molecule has 0 unspecified atom stereocenters. The molecule has 0 atom stereocenters. The minimum Gasteiger partial charge on any atom is -0.459 e. The molecule has 0 aromatic carbocycles. The van der Waals surface area contributed by atoms with Gasteiger partial charge in [-0.3, -0.25) is 0 Å². The average molecular weight is 155 g/mol. The average Bonchev–Trinajstić information content (AvgIpc) is 2.03. The molecular formula is C7H9NO3. The van der Waals surface area contributed by atoms with Crippen molar-refractivity contribution in [1.29, 1.82) is 5.26 Å². The van der Waals surface area contributed by atoms with Crippen molar-refractivity contribution in [1.82, 2.24) is 0 Å². The topological polar surface area (TPSA) is 70.3 Å². The van der Waals surface area contributed by atoms with Crippen LogP contribution in [0.25, 0.3) is 0 Å². The minimum absolute atomic E-state index is 0.0431. The van der Waals surface area contributed by atoms with Crippen molar-refractivity contribution in [3.63, 3.8) is 0 Å². The zero-order chi connectivity index (χ0) is 8.69. The third-order valence-corrected chi connectivity index (χ3v) is 0.953. The lowest BCUT2D eigenvalue weighted by atomic mass is 10.3. The lowest BCUT2D eigenvalue weighted by Gasteiger charge is -1.98. The number of aliphatic hydroxyl groups is 1. The van der Waals surface area contributed by atoms with Crippen LogP contribution in [0.3, 0.4) is 0 Å². The Balaban J connectivity index is 3.94. The van der Waals surface area contributed by atoms with E-state index in [1.807, 2.05) is 0 Å². The summed E-state index contributed by atoms with van der Waals surface area (Å²) in [5.74, 6) is -0.691. The van der Waals surface area contributed by atoms with Crippen LogP contribution >= 0.6 is 0 Å². The van der Waals surface area contributed by atoms with Crippen LogP contribution in [0.15, 0.2) is 11.6 Å². The predicted octanol–water partition coefficient (Wildman–Crippen LogP) is -0.00822. The molecule has 0 aliphatic carbocycles. The quantitative estimate of drug-likeness (QED) is 0.353. The maximum absolute atomic E-state index is 10.7. The summed E-state index contributed by atoms with van der Waals surface area (Å²) in [6, 6.07) is 1.67. The largest absolute Gasteiger partial charge is 0.459 e. The van der Waals surface area contributed by atoms with E-state index in [-0.39, 0.29) is 18.8 Å². The Labute approximate surface area is 64.7 Å². The molecule has 1 N–H and O–H groups in total. The van der Waals surface area contributed by atoms with Crippen LogP contribution in [0.1, 0.15) is 6.92 Å². The first kappa shape index (κ1) is 9.66. The second kappa shape index (κ2) is 5.45. The molecular weight excluding hydrogens is 146 g/mol. The summed E-state index contributed by atoms with van der Waals surface area (Å²) in [4.78, 5) is 10.7. The number of ether oxygens (including phenoxy) is 1. The third-order valence-electron chi connectivity index (χ3n) is 0.953. The van der Waals surface area contributed by atoms with Gasteiger partial charge in [0.15, 0.2) is 0 Å². The first-order valence-corrected chi connectivity index (χ1v) is 3.10. The summed E-state index contributed by atoms with van der Waals surface area (Å²) in [5, 5.41) is 16.6. The summed E-state index contributed by atoms with van der Waals surface area (Å²) in [6.07, 6.45) is 1.36. The van der Waals surface area contributed by atoms with Crippen LogP contribution < -0.4 is 0 Å².